The number of benzene rings is 2. The number of aromatic nitrogens is 2. The number of anilines is 1. The number of ether oxygens (including phenoxy) is 2. The predicted molar refractivity (Wildman–Crippen MR) is 162 cm³/mol. The summed E-state index contributed by atoms with van der Waals surface area (Å²) in [5.41, 5.74) is 0.468. The third-order valence-corrected chi connectivity index (χ3v) is 9.29. The van der Waals surface area contributed by atoms with Crippen molar-refractivity contribution in [1.82, 2.24) is 19.6 Å². The molecule has 2 aliphatic rings. The second kappa shape index (κ2) is 12.6. The molecule has 3 N–H and O–H groups in total. The lowest BCUT2D eigenvalue weighted by Gasteiger charge is -2.40. The highest BCUT2D eigenvalue weighted by atomic mass is 32.2. The number of nitro benzene ring substituents is 1. The van der Waals surface area contributed by atoms with E-state index in [4.69, 9.17) is 9.47 Å². The summed E-state index contributed by atoms with van der Waals surface area (Å²) in [5, 5.41) is 16.1. The molecule has 13 nitrogen and oxygen atoms in total. The lowest BCUT2D eigenvalue weighted by Crippen LogP contribution is -2.48. The Bertz CT molecular complexity index is 1790. The Morgan fingerprint density at radius 2 is 1.93 bits per heavy atom. The SMILES string of the molecule is O=C(NS(=O)(=O)c1ccc(N[C@H]2CCCN(C3CCOCC3)C2)c([N+](=O)[O-])c1)c1ccccc1Oc1cnc2[nH]ccc2c1. The number of aromatic amines is 1. The van der Waals surface area contributed by atoms with Crippen LogP contribution in [0.1, 0.15) is 36.0 Å². The Morgan fingerprint density at radius 3 is 2.75 bits per heavy atom. The zero-order valence-electron chi connectivity index (χ0n) is 23.8. The number of nitrogens with zero attached hydrogens (tertiary/aromatic N) is 3. The first-order valence-corrected chi connectivity index (χ1v) is 15.9. The van der Waals surface area contributed by atoms with Crippen molar-refractivity contribution >= 4 is 38.3 Å². The first-order valence-electron chi connectivity index (χ1n) is 14.4. The normalized spacial score (nSPS) is 18.1. The van der Waals surface area contributed by atoms with Gasteiger partial charge in [-0.15, -0.1) is 0 Å². The first-order chi connectivity index (χ1) is 21.3. The minimum absolute atomic E-state index is 0.0305. The van der Waals surface area contributed by atoms with Crippen molar-refractivity contribution in [2.45, 2.75) is 42.7 Å². The summed E-state index contributed by atoms with van der Waals surface area (Å²) < 4.78 is 39.9. The molecule has 0 unspecified atom stereocenters. The van der Waals surface area contributed by atoms with Crippen LogP contribution in [0, 0.1) is 10.1 Å². The third kappa shape index (κ3) is 6.51. The summed E-state index contributed by atoms with van der Waals surface area (Å²) in [7, 11) is -4.47. The zero-order valence-corrected chi connectivity index (χ0v) is 24.6. The molecule has 44 heavy (non-hydrogen) atoms. The van der Waals surface area contributed by atoms with Crippen LogP contribution < -0.4 is 14.8 Å². The molecule has 0 spiro atoms. The van der Waals surface area contributed by atoms with Gasteiger partial charge in [-0.3, -0.25) is 19.8 Å². The Morgan fingerprint density at radius 1 is 1.11 bits per heavy atom. The number of carbonyl (C=O) groups excluding carboxylic acids is 1. The van der Waals surface area contributed by atoms with Gasteiger partial charge >= 0.3 is 0 Å². The number of carbonyl (C=O) groups is 1. The molecule has 1 amide bonds. The van der Waals surface area contributed by atoms with Crippen LogP contribution in [0.15, 0.2) is 71.9 Å². The van der Waals surface area contributed by atoms with E-state index < -0.39 is 25.7 Å². The van der Waals surface area contributed by atoms with E-state index in [1.807, 2.05) is 10.8 Å². The quantitative estimate of drug-likeness (QED) is 0.180. The number of amides is 1. The standard InChI is InChI=1S/C30H32N6O7S/c37-30(25-5-1-2-6-28(25)43-23-16-20-9-12-31-29(20)32-18-23)34-44(40,41)24-7-8-26(27(17-24)36(38)39)33-21-4-3-13-35(19-21)22-10-14-42-15-11-22/h1-2,5-9,12,16-18,21-22,33H,3-4,10-11,13-15,19H2,(H,31,32)(H,34,37)/t21-/m0/s1. The summed E-state index contributed by atoms with van der Waals surface area (Å²) in [6, 6.07) is 13.7. The van der Waals surface area contributed by atoms with E-state index >= 15 is 0 Å². The van der Waals surface area contributed by atoms with Crippen LogP contribution in [0.3, 0.4) is 0 Å². The number of hydrogen-bond acceptors (Lipinski definition) is 10. The van der Waals surface area contributed by atoms with Gasteiger partial charge in [0.05, 0.1) is 21.6 Å². The van der Waals surface area contributed by atoms with Gasteiger partial charge in [0.1, 0.15) is 22.8 Å². The van der Waals surface area contributed by atoms with E-state index in [0.29, 0.717) is 17.4 Å². The number of likely N-dealkylation sites (tertiary alicyclic amines) is 1. The fourth-order valence-electron chi connectivity index (χ4n) is 5.76. The first kappa shape index (κ1) is 29.5. The van der Waals surface area contributed by atoms with Crippen LogP contribution in [-0.4, -0.2) is 72.5 Å². The molecule has 2 aliphatic heterocycles. The van der Waals surface area contributed by atoms with E-state index in [1.54, 1.807) is 24.4 Å². The van der Waals surface area contributed by atoms with Gasteiger partial charge in [-0.05, 0) is 68.6 Å². The van der Waals surface area contributed by atoms with Gasteiger partial charge in [0, 0.05) is 49.5 Å². The summed E-state index contributed by atoms with van der Waals surface area (Å²) in [6.45, 7) is 3.17. The van der Waals surface area contributed by atoms with E-state index in [1.165, 1.54) is 30.5 Å². The monoisotopic (exact) mass is 620 g/mol. The fraction of sp³-hybridized carbons (Fsp3) is 0.333. The maximum absolute atomic E-state index is 13.3. The molecule has 1 atom stereocenters. The van der Waals surface area contributed by atoms with Crippen LogP contribution >= 0.6 is 0 Å². The second-order valence-corrected chi connectivity index (χ2v) is 12.6. The average Bonchev–Trinajstić information content (AvgIpc) is 3.50. The number of piperidine rings is 1. The predicted octanol–water partition coefficient (Wildman–Crippen LogP) is 4.44. The molecule has 4 aromatic rings. The molecule has 2 fully saturated rings. The van der Waals surface area contributed by atoms with Crippen LogP contribution in [-0.2, 0) is 14.8 Å². The van der Waals surface area contributed by atoms with Crippen molar-refractivity contribution in [3.8, 4) is 11.5 Å². The smallest absolute Gasteiger partial charge is 0.293 e. The molecule has 6 rings (SSSR count). The zero-order chi connectivity index (χ0) is 30.7. The van der Waals surface area contributed by atoms with E-state index in [0.717, 1.165) is 63.4 Å². The molecule has 0 aliphatic carbocycles. The highest BCUT2D eigenvalue weighted by Gasteiger charge is 2.30. The van der Waals surface area contributed by atoms with Gasteiger partial charge in [0.15, 0.2) is 0 Å². The topological polar surface area (TPSA) is 169 Å². The van der Waals surface area contributed by atoms with Crippen LogP contribution in [0.4, 0.5) is 11.4 Å². The average molecular weight is 621 g/mol. The highest BCUT2D eigenvalue weighted by Crippen LogP contribution is 2.31. The number of pyridine rings is 1. The van der Waals surface area contributed by atoms with Crippen LogP contribution in [0.2, 0.25) is 0 Å². The number of nitro groups is 1. The highest BCUT2D eigenvalue weighted by molar-refractivity contribution is 7.90. The Kier molecular flexibility index (Phi) is 8.46. The minimum atomic E-state index is -4.47. The Labute approximate surface area is 253 Å². The summed E-state index contributed by atoms with van der Waals surface area (Å²) in [6.07, 6.45) is 6.92. The number of nitrogens with one attached hydrogen (secondary N) is 3. The Hall–Kier alpha value is -4.53. The van der Waals surface area contributed by atoms with Gasteiger partial charge < -0.3 is 19.8 Å². The van der Waals surface area contributed by atoms with Gasteiger partial charge in [-0.2, -0.15) is 0 Å². The van der Waals surface area contributed by atoms with Crippen molar-refractivity contribution in [3.63, 3.8) is 0 Å². The maximum atomic E-state index is 13.3. The van der Waals surface area contributed by atoms with Crippen LogP contribution in [0.5, 0.6) is 11.5 Å². The number of hydrogen-bond donors (Lipinski definition) is 3. The molecular weight excluding hydrogens is 588 g/mol. The minimum Gasteiger partial charge on any atom is -0.455 e. The number of rotatable bonds is 9. The molecule has 14 heteroatoms. The number of H-pyrrole nitrogens is 1. The van der Waals surface area contributed by atoms with Crippen molar-refractivity contribution in [2.75, 3.05) is 31.6 Å². The number of sulfonamides is 1. The maximum Gasteiger partial charge on any atom is 0.293 e. The summed E-state index contributed by atoms with van der Waals surface area (Å²) >= 11 is 0. The van der Waals surface area contributed by atoms with Crippen LogP contribution in [0.25, 0.3) is 11.0 Å². The lowest BCUT2D eigenvalue weighted by atomic mass is 9.99. The van der Waals surface area contributed by atoms with E-state index in [2.05, 4.69) is 20.2 Å². The molecule has 230 valence electrons. The van der Waals surface area contributed by atoms with Gasteiger partial charge in [0.25, 0.3) is 21.6 Å². The summed E-state index contributed by atoms with van der Waals surface area (Å²) in [5.74, 6) is -0.478. The molecule has 4 heterocycles. The molecule has 0 radical (unpaired) electrons. The largest absolute Gasteiger partial charge is 0.455 e. The van der Waals surface area contributed by atoms with Crippen molar-refractivity contribution in [1.29, 1.82) is 0 Å². The molecule has 0 bridgehead atoms. The molecular formula is C30H32N6O7S. The van der Waals surface area contributed by atoms with Crippen molar-refractivity contribution < 1.29 is 27.6 Å². The van der Waals surface area contributed by atoms with E-state index in [9.17, 15) is 23.3 Å². The fourth-order valence-corrected chi connectivity index (χ4v) is 6.75. The molecule has 2 aromatic heterocycles. The van der Waals surface area contributed by atoms with Crippen molar-refractivity contribution in [3.05, 3.63) is 82.7 Å². The van der Waals surface area contributed by atoms with Gasteiger partial charge in [-0.25, -0.2) is 18.1 Å². The van der Waals surface area contributed by atoms with Crippen molar-refractivity contribution in [2.24, 2.45) is 0 Å². The second-order valence-electron chi connectivity index (χ2n) is 10.9. The van der Waals surface area contributed by atoms with E-state index in [-0.39, 0.29) is 28.7 Å². The lowest BCUT2D eigenvalue weighted by molar-refractivity contribution is -0.384. The number of fused-ring (bicyclic) bond motifs is 1. The number of para-hydroxylation sites is 1. The summed E-state index contributed by atoms with van der Waals surface area (Å²) in [4.78, 5) is 33.8. The third-order valence-electron chi connectivity index (χ3n) is 7.96. The molecule has 2 aromatic carbocycles. The molecule has 0 saturated carbocycles. The molecule has 2 saturated heterocycles. The Balaban J connectivity index is 1.17. The van der Waals surface area contributed by atoms with Gasteiger partial charge in [-0.1, -0.05) is 12.1 Å². The van der Waals surface area contributed by atoms with Gasteiger partial charge in [0.2, 0.25) is 0 Å².